The Kier molecular flexibility index (Phi) is 2.43. The van der Waals surface area contributed by atoms with E-state index < -0.39 is 17.6 Å². The fraction of sp³-hybridized carbons (Fsp3) is 0.600. The summed E-state index contributed by atoms with van der Waals surface area (Å²) in [5.74, 6) is 1.93. The van der Waals surface area contributed by atoms with Crippen LogP contribution in [0.4, 0.5) is 23.2 Å². The highest BCUT2D eigenvalue weighted by atomic mass is 19.4. The third kappa shape index (κ3) is 1.75. The van der Waals surface area contributed by atoms with Gasteiger partial charge in [-0.25, -0.2) is 4.39 Å². The first kappa shape index (κ1) is 12.5. The van der Waals surface area contributed by atoms with Gasteiger partial charge >= 0.3 is 6.18 Å². The fourth-order valence-corrected chi connectivity index (χ4v) is 4.51. The molecule has 1 nitrogen and oxygen atoms in total. The molecule has 0 aromatic heterocycles. The average Bonchev–Trinajstić information content (AvgIpc) is 2.78. The summed E-state index contributed by atoms with van der Waals surface area (Å²) in [5.41, 5.74) is -0.728. The lowest BCUT2D eigenvalue weighted by Gasteiger charge is -2.14. The van der Waals surface area contributed by atoms with Crippen molar-refractivity contribution in [1.82, 2.24) is 0 Å². The monoisotopic (exact) mass is 285 g/mol. The molecule has 3 aliphatic carbocycles. The van der Waals surface area contributed by atoms with Gasteiger partial charge in [0.15, 0.2) is 0 Å². The highest BCUT2D eigenvalue weighted by molar-refractivity contribution is 5.50. The van der Waals surface area contributed by atoms with Gasteiger partial charge < -0.3 is 5.32 Å². The third-order valence-corrected chi connectivity index (χ3v) is 5.35. The van der Waals surface area contributed by atoms with Gasteiger partial charge in [-0.3, -0.25) is 0 Å². The van der Waals surface area contributed by atoms with Gasteiger partial charge in [-0.05, 0) is 61.1 Å². The first-order chi connectivity index (χ1) is 9.45. The lowest BCUT2D eigenvalue weighted by molar-refractivity contribution is -0.137. The Hall–Kier alpha value is -1.26. The van der Waals surface area contributed by atoms with Gasteiger partial charge in [-0.2, -0.15) is 13.2 Å². The maximum absolute atomic E-state index is 13.8. The number of alkyl halides is 3. The third-order valence-electron chi connectivity index (χ3n) is 5.35. The number of fused-ring (bicyclic) bond motifs is 5. The van der Waals surface area contributed by atoms with Crippen LogP contribution in [-0.2, 0) is 6.18 Å². The topological polar surface area (TPSA) is 12.0 Å². The maximum atomic E-state index is 13.8. The van der Waals surface area contributed by atoms with Gasteiger partial charge in [0.2, 0.25) is 0 Å². The summed E-state index contributed by atoms with van der Waals surface area (Å²) in [6.07, 6.45) is -0.670. The Labute approximate surface area is 114 Å². The van der Waals surface area contributed by atoms with Crippen LogP contribution in [0.25, 0.3) is 0 Å². The molecule has 20 heavy (non-hydrogen) atoms. The summed E-state index contributed by atoms with van der Waals surface area (Å²) in [6.45, 7) is 0. The number of rotatable bonds is 2. The van der Waals surface area contributed by atoms with E-state index in [9.17, 15) is 17.6 Å². The molecular weight excluding hydrogens is 270 g/mol. The summed E-state index contributed by atoms with van der Waals surface area (Å²) >= 11 is 0. The number of hydrogen-bond donors (Lipinski definition) is 1. The second-order valence-corrected chi connectivity index (χ2v) is 6.35. The van der Waals surface area contributed by atoms with E-state index in [1.807, 2.05) is 0 Å². The molecule has 0 amide bonds. The van der Waals surface area contributed by atoms with Crippen molar-refractivity contribution in [3.05, 3.63) is 29.6 Å². The zero-order valence-electron chi connectivity index (χ0n) is 10.8. The van der Waals surface area contributed by atoms with E-state index in [-0.39, 0.29) is 11.7 Å². The van der Waals surface area contributed by atoms with Crippen molar-refractivity contribution < 1.29 is 17.6 Å². The highest BCUT2D eigenvalue weighted by Gasteiger charge is 2.65. The summed E-state index contributed by atoms with van der Waals surface area (Å²) < 4.78 is 51.3. The fourth-order valence-electron chi connectivity index (χ4n) is 4.51. The number of benzene rings is 1. The molecule has 0 heterocycles. The molecule has 3 aliphatic rings. The van der Waals surface area contributed by atoms with Crippen molar-refractivity contribution in [3.63, 3.8) is 0 Å². The molecule has 1 aromatic rings. The zero-order chi connectivity index (χ0) is 14.1. The molecule has 2 bridgehead atoms. The van der Waals surface area contributed by atoms with Crippen molar-refractivity contribution in [3.8, 4) is 0 Å². The minimum Gasteiger partial charge on any atom is -0.379 e. The number of anilines is 1. The molecule has 0 saturated heterocycles. The molecule has 0 aliphatic heterocycles. The molecular formula is C15H15F4N. The highest BCUT2D eigenvalue weighted by Crippen LogP contribution is 2.66. The Balaban J connectivity index is 1.51. The molecule has 108 valence electrons. The SMILES string of the molecule is Fc1cc(C(F)(F)F)ccc1NC1C2C3CCC(C3)C12. The first-order valence-electron chi connectivity index (χ1n) is 7.08. The van der Waals surface area contributed by atoms with E-state index in [2.05, 4.69) is 5.32 Å². The largest absolute Gasteiger partial charge is 0.416 e. The number of halogens is 4. The van der Waals surface area contributed by atoms with Crippen LogP contribution in [0, 0.1) is 29.5 Å². The predicted octanol–water partition coefficient (Wildman–Crippen LogP) is 4.30. The molecule has 4 atom stereocenters. The lowest BCUT2D eigenvalue weighted by Crippen LogP contribution is -2.14. The molecule has 3 saturated carbocycles. The van der Waals surface area contributed by atoms with E-state index in [4.69, 9.17) is 0 Å². The molecule has 4 unspecified atom stereocenters. The van der Waals surface area contributed by atoms with E-state index in [0.29, 0.717) is 17.9 Å². The lowest BCUT2D eigenvalue weighted by atomic mass is 10.0. The summed E-state index contributed by atoms with van der Waals surface area (Å²) in [6, 6.07) is 3.01. The standard InChI is InChI=1S/C15H15F4N/c16-10-6-9(15(17,18)19)3-4-11(10)20-14-12-7-1-2-8(5-7)13(12)14/h3-4,6-8,12-14,20H,1-2,5H2. The number of nitrogens with one attached hydrogen (secondary N) is 1. The molecule has 4 rings (SSSR count). The van der Waals surface area contributed by atoms with Crippen LogP contribution in [-0.4, -0.2) is 6.04 Å². The Morgan fingerprint density at radius 2 is 1.70 bits per heavy atom. The van der Waals surface area contributed by atoms with Crippen molar-refractivity contribution >= 4 is 5.69 Å². The second kappa shape index (κ2) is 3.89. The van der Waals surface area contributed by atoms with Crippen LogP contribution in [0.5, 0.6) is 0 Å². The van der Waals surface area contributed by atoms with Gasteiger partial charge in [0.1, 0.15) is 5.82 Å². The van der Waals surface area contributed by atoms with Crippen LogP contribution >= 0.6 is 0 Å². The van der Waals surface area contributed by atoms with Crippen LogP contribution < -0.4 is 5.32 Å². The predicted molar refractivity (Wildman–Crippen MR) is 66.6 cm³/mol. The van der Waals surface area contributed by atoms with Crippen LogP contribution in [0.2, 0.25) is 0 Å². The molecule has 0 spiro atoms. The Bertz CT molecular complexity index is 537. The smallest absolute Gasteiger partial charge is 0.379 e. The Morgan fingerprint density at radius 1 is 1.05 bits per heavy atom. The van der Waals surface area contributed by atoms with Crippen LogP contribution in [0.1, 0.15) is 24.8 Å². The summed E-state index contributed by atoms with van der Waals surface area (Å²) in [5, 5.41) is 3.12. The number of hydrogen-bond acceptors (Lipinski definition) is 1. The van der Waals surface area contributed by atoms with Crippen LogP contribution in [0.15, 0.2) is 18.2 Å². The molecule has 3 fully saturated rings. The van der Waals surface area contributed by atoms with Gasteiger partial charge in [0.25, 0.3) is 0 Å². The Morgan fingerprint density at radius 3 is 2.25 bits per heavy atom. The van der Waals surface area contributed by atoms with Crippen molar-refractivity contribution in [1.29, 1.82) is 0 Å². The van der Waals surface area contributed by atoms with Gasteiger partial charge in [0.05, 0.1) is 11.3 Å². The molecule has 5 heteroatoms. The summed E-state index contributed by atoms with van der Waals surface area (Å²) in [7, 11) is 0. The van der Waals surface area contributed by atoms with E-state index in [1.165, 1.54) is 25.3 Å². The molecule has 1 N–H and O–H groups in total. The molecule has 0 radical (unpaired) electrons. The minimum atomic E-state index is -4.49. The molecule has 1 aromatic carbocycles. The average molecular weight is 285 g/mol. The van der Waals surface area contributed by atoms with E-state index in [0.717, 1.165) is 17.9 Å². The van der Waals surface area contributed by atoms with Gasteiger partial charge in [-0.15, -0.1) is 0 Å². The van der Waals surface area contributed by atoms with E-state index >= 15 is 0 Å². The maximum Gasteiger partial charge on any atom is 0.416 e. The minimum absolute atomic E-state index is 0.205. The van der Waals surface area contributed by atoms with Gasteiger partial charge in [0, 0.05) is 6.04 Å². The van der Waals surface area contributed by atoms with E-state index in [1.54, 1.807) is 0 Å². The van der Waals surface area contributed by atoms with Crippen molar-refractivity contribution in [2.75, 3.05) is 5.32 Å². The first-order valence-corrected chi connectivity index (χ1v) is 7.08. The van der Waals surface area contributed by atoms with Gasteiger partial charge in [-0.1, -0.05) is 0 Å². The van der Waals surface area contributed by atoms with Crippen molar-refractivity contribution in [2.45, 2.75) is 31.5 Å². The normalized spacial score (nSPS) is 37.9. The van der Waals surface area contributed by atoms with Crippen molar-refractivity contribution in [2.24, 2.45) is 23.7 Å². The quantitative estimate of drug-likeness (QED) is 0.799. The second-order valence-electron chi connectivity index (χ2n) is 6.35. The summed E-state index contributed by atoms with van der Waals surface area (Å²) in [4.78, 5) is 0. The zero-order valence-corrected chi connectivity index (χ0v) is 10.8. The van der Waals surface area contributed by atoms with Crippen LogP contribution in [0.3, 0.4) is 0 Å².